The molecule has 0 unspecified atom stereocenters. The molecule has 1 aromatic rings. The van der Waals surface area contributed by atoms with E-state index in [-0.39, 0.29) is 12.2 Å². The number of carbonyl (C=O) groups excluding carboxylic acids is 1. The fraction of sp³-hybridized carbons (Fsp3) is 0.429. The van der Waals surface area contributed by atoms with Gasteiger partial charge in [0.2, 0.25) is 0 Å². The molecule has 8 heteroatoms. The van der Waals surface area contributed by atoms with Crippen molar-refractivity contribution in [1.29, 1.82) is 0 Å². The summed E-state index contributed by atoms with van der Waals surface area (Å²) in [5.41, 5.74) is -0.0856. The number of rotatable bonds is 4. The molecule has 22 heavy (non-hydrogen) atoms. The van der Waals surface area contributed by atoms with E-state index in [0.717, 1.165) is 0 Å². The number of carboxylic acid groups (broad SMARTS) is 1. The van der Waals surface area contributed by atoms with E-state index in [0.29, 0.717) is 14.5 Å². The van der Waals surface area contributed by atoms with Gasteiger partial charge in [0.15, 0.2) is 0 Å². The van der Waals surface area contributed by atoms with Crippen LogP contribution >= 0.6 is 31.9 Å². The summed E-state index contributed by atoms with van der Waals surface area (Å²) < 4.78 is 5.91. The van der Waals surface area contributed by atoms with Gasteiger partial charge in [-0.05, 0) is 70.3 Å². The van der Waals surface area contributed by atoms with Crippen LogP contribution in [0.4, 0.5) is 4.79 Å². The topological polar surface area (TPSA) is 95.9 Å². The minimum absolute atomic E-state index is 0.0238. The van der Waals surface area contributed by atoms with Crippen molar-refractivity contribution in [3.63, 3.8) is 0 Å². The smallest absolute Gasteiger partial charge is 0.408 e. The highest BCUT2D eigenvalue weighted by Gasteiger charge is 2.24. The molecule has 1 aromatic carbocycles. The summed E-state index contributed by atoms with van der Waals surface area (Å²) in [5, 5.41) is 21.2. The highest BCUT2D eigenvalue weighted by Crippen LogP contribution is 2.33. The maximum Gasteiger partial charge on any atom is 0.408 e. The van der Waals surface area contributed by atoms with Crippen LogP contribution in [-0.2, 0) is 16.0 Å². The number of aromatic hydroxyl groups is 1. The lowest BCUT2D eigenvalue weighted by Crippen LogP contribution is -2.44. The van der Waals surface area contributed by atoms with E-state index in [1.165, 1.54) is 0 Å². The highest BCUT2D eigenvalue weighted by atomic mass is 79.9. The monoisotopic (exact) mass is 437 g/mol. The molecule has 0 radical (unpaired) electrons. The SMILES string of the molecule is CC(C)(C)OC(=O)N[C@@H](Cc1cc(Br)c(O)c(Br)c1)C(=O)O. The normalized spacial score (nSPS) is 12.6. The number of carbonyl (C=O) groups is 2. The first-order valence-corrected chi connectivity index (χ1v) is 7.97. The molecule has 0 aliphatic rings. The Morgan fingerprint density at radius 3 is 2.18 bits per heavy atom. The van der Waals surface area contributed by atoms with Gasteiger partial charge in [-0.15, -0.1) is 0 Å². The second-order valence-electron chi connectivity index (χ2n) is 5.65. The molecule has 0 saturated heterocycles. The predicted octanol–water partition coefficient (Wildman–Crippen LogP) is 3.44. The number of ether oxygens (including phenoxy) is 1. The summed E-state index contributed by atoms with van der Waals surface area (Å²) in [6.07, 6.45) is -0.747. The number of halogens is 2. The summed E-state index contributed by atoms with van der Waals surface area (Å²) in [5.74, 6) is -1.15. The zero-order chi connectivity index (χ0) is 17.1. The van der Waals surface area contributed by atoms with Crippen LogP contribution in [0.3, 0.4) is 0 Å². The Hall–Kier alpha value is -1.28. The van der Waals surface area contributed by atoms with E-state index in [1.54, 1.807) is 32.9 Å². The maximum atomic E-state index is 11.7. The van der Waals surface area contributed by atoms with Gasteiger partial charge in [0, 0.05) is 6.42 Å². The summed E-state index contributed by atoms with van der Waals surface area (Å²) in [7, 11) is 0. The zero-order valence-electron chi connectivity index (χ0n) is 12.3. The van der Waals surface area contributed by atoms with Gasteiger partial charge in [-0.2, -0.15) is 0 Å². The van der Waals surface area contributed by atoms with Gasteiger partial charge in [-0.25, -0.2) is 9.59 Å². The number of benzene rings is 1. The van der Waals surface area contributed by atoms with Gasteiger partial charge in [-0.1, -0.05) is 0 Å². The molecule has 6 nitrogen and oxygen atoms in total. The fourth-order valence-corrected chi connectivity index (χ4v) is 2.90. The molecule has 1 amide bonds. The van der Waals surface area contributed by atoms with E-state index >= 15 is 0 Å². The fourth-order valence-electron chi connectivity index (χ4n) is 1.62. The average Bonchev–Trinajstić information content (AvgIpc) is 2.32. The molecule has 0 aliphatic carbocycles. The molecule has 0 aliphatic heterocycles. The van der Waals surface area contributed by atoms with Gasteiger partial charge in [0.25, 0.3) is 0 Å². The Balaban J connectivity index is 2.85. The zero-order valence-corrected chi connectivity index (χ0v) is 15.5. The third-order valence-corrected chi connectivity index (χ3v) is 3.71. The molecule has 0 saturated carbocycles. The van der Waals surface area contributed by atoms with E-state index < -0.39 is 23.7 Å². The van der Waals surface area contributed by atoms with Crippen LogP contribution in [0.2, 0.25) is 0 Å². The maximum absolute atomic E-state index is 11.7. The molecular weight excluding hydrogens is 422 g/mol. The van der Waals surface area contributed by atoms with Crippen LogP contribution in [0.1, 0.15) is 26.3 Å². The number of aliphatic carboxylic acids is 1. The van der Waals surface area contributed by atoms with Crippen LogP contribution < -0.4 is 5.32 Å². The summed E-state index contributed by atoms with van der Waals surface area (Å²) in [4.78, 5) is 23.0. The average molecular weight is 439 g/mol. The number of phenolic OH excluding ortho intramolecular Hbond substituents is 1. The lowest BCUT2D eigenvalue weighted by Gasteiger charge is -2.22. The van der Waals surface area contributed by atoms with Crippen molar-refractivity contribution in [2.75, 3.05) is 0 Å². The predicted molar refractivity (Wildman–Crippen MR) is 88.0 cm³/mol. The molecule has 1 atom stereocenters. The molecule has 0 spiro atoms. The second kappa shape index (κ2) is 7.32. The molecule has 0 aromatic heterocycles. The van der Waals surface area contributed by atoms with Crippen LogP contribution in [0.15, 0.2) is 21.1 Å². The molecule has 0 fully saturated rings. The standard InChI is InChI=1S/C14H17Br2NO5/c1-14(2,3)22-13(21)17-10(12(19)20)6-7-4-8(15)11(18)9(16)5-7/h4-5,10,18H,6H2,1-3H3,(H,17,21)(H,19,20)/t10-/m0/s1. The molecule has 1 rings (SSSR count). The van der Waals surface area contributed by atoms with Gasteiger partial charge < -0.3 is 20.3 Å². The lowest BCUT2D eigenvalue weighted by atomic mass is 10.1. The van der Waals surface area contributed by atoms with Crippen molar-refractivity contribution in [1.82, 2.24) is 5.32 Å². The Kier molecular flexibility index (Phi) is 6.25. The van der Waals surface area contributed by atoms with Crippen molar-refractivity contribution in [3.8, 4) is 5.75 Å². The third-order valence-electron chi connectivity index (χ3n) is 2.51. The third kappa shape index (κ3) is 5.84. The second-order valence-corrected chi connectivity index (χ2v) is 7.36. The Morgan fingerprint density at radius 2 is 1.77 bits per heavy atom. The quantitative estimate of drug-likeness (QED) is 0.669. The van der Waals surface area contributed by atoms with Crippen LogP contribution in [0.25, 0.3) is 0 Å². The van der Waals surface area contributed by atoms with E-state index in [2.05, 4.69) is 37.2 Å². The molecule has 0 bridgehead atoms. The van der Waals surface area contributed by atoms with Crippen molar-refractivity contribution < 1.29 is 24.5 Å². The van der Waals surface area contributed by atoms with Crippen molar-refractivity contribution in [2.24, 2.45) is 0 Å². The number of phenols is 1. The summed E-state index contributed by atoms with van der Waals surface area (Å²) >= 11 is 6.35. The number of carboxylic acids is 1. The van der Waals surface area contributed by atoms with Gasteiger partial charge in [0.1, 0.15) is 17.4 Å². The van der Waals surface area contributed by atoms with Crippen LogP contribution in [-0.4, -0.2) is 33.9 Å². The highest BCUT2D eigenvalue weighted by molar-refractivity contribution is 9.11. The number of nitrogens with one attached hydrogen (secondary N) is 1. The van der Waals surface area contributed by atoms with Gasteiger partial charge in [0.05, 0.1) is 8.95 Å². The summed E-state index contributed by atoms with van der Waals surface area (Å²) in [6.45, 7) is 5.07. The van der Waals surface area contributed by atoms with E-state index in [9.17, 15) is 19.8 Å². The Bertz CT molecular complexity index is 560. The minimum atomic E-state index is -1.17. The Morgan fingerprint density at radius 1 is 1.27 bits per heavy atom. The lowest BCUT2D eigenvalue weighted by molar-refractivity contribution is -0.139. The summed E-state index contributed by atoms with van der Waals surface area (Å²) in [6, 6.07) is 2.04. The number of amides is 1. The van der Waals surface area contributed by atoms with Crippen molar-refractivity contribution >= 4 is 43.9 Å². The van der Waals surface area contributed by atoms with Gasteiger partial charge in [-0.3, -0.25) is 0 Å². The van der Waals surface area contributed by atoms with E-state index in [1.807, 2.05) is 0 Å². The van der Waals surface area contributed by atoms with Crippen LogP contribution in [0.5, 0.6) is 5.75 Å². The first kappa shape index (κ1) is 18.8. The molecular formula is C14H17Br2NO5. The van der Waals surface area contributed by atoms with E-state index in [4.69, 9.17) is 4.74 Å². The largest absolute Gasteiger partial charge is 0.506 e. The van der Waals surface area contributed by atoms with Crippen LogP contribution in [0, 0.1) is 0 Å². The first-order chi connectivity index (χ1) is 9.99. The van der Waals surface area contributed by atoms with Gasteiger partial charge >= 0.3 is 12.1 Å². The number of hydrogen-bond donors (Lipinski definition) is 3. The number of hydrogen-bond acceptors (Lipinski definition) is 4. The Labute approximate surface area is 145 Å². The first-order valence-electron chi connectivity index (χ1n) is 6.39. The molecule has 3 N–H and O–H groups in total. The molecule has 0 heterocycles. The van der Waals surface area contributed by atoms with Crippen molar-refractivity contribution in [2.45, 2.75) is 38.8 Å². The minimum Gasteiger partial charge on any atom is -0.506 e. The van der Waals surface area contributed by atoms with Crippen molar-refractivity contribution in [3.05, 3.63) is 26.6 Å². The number of alkyl carbamates (subject to hydrolysis) is 1. The molecule has 122 valence electrons.